The molecule has 0 spiro atoms. The molecule has 90 valence electrons. The molecular formula is C12H25NO2. The second kappa shape index (κ2) is 5.28. The molecule has 15 heavy (non-hydrogen) atoms. The van der Waals surface area contributed by atoms with Gasteiger partial charge in [0.1, 0.15) is 0 Å². The van der Waals surface area contributed by atoms with Gasteiger partial charge in [-0.15, -0.1) is 0 Å². The van der Waals surface area contributed by atoms with E-state index in [0.717, 1.165) is 12.5 Å². The molecule has 0 amide bonds. The van der Waals surface area contributed by atoms with Crippen molar-refractivity contribution in [3.63, 3.8) is 0 Å². The van der Waals surface area contributed by atoms with Crippen LogP contribution >= 0.6 is 0 Å². The lowest BCUT2D eigenvalue weighted by atomic mass is 9.92. The molecule has 3 heteroatoms. The summed E-state index contributed by atoms with van der Waals surface area (Å²) in [6, 6.07) is 0.417. The van der Waals surface area contributed by atoms with Gasteiger partial charge in [0.2, 0.25) is 0 Å². The van der Waals surface area contributed by atoms with Gasteiger partial charge in [-0.05, 0) is 31.6 Å². The fraction of sp³-hybridized carbons (Fsp3) is 1.00. The molecule has 1 saturated carbocycles. The predicted octanol–water partition coefficient (Wildman–Crippen LogP) is 1.41. The van der Waals surface area contributed by atoms with E-state index in [1.807, 2.05) is 20.8 Å². The molecule has 0 aromatic carbocycles. The van der Waals surface area contributed by atoms with Crippen molar-refractivity contribution in [2.45, 2.75) is 45.3 Å². The van der Waals surface area contributed by atoms with E-state index in [1.165, 1.54) is 12.8 Å². The third-order valence-corrected chi connectivity index (χ3v) is 3.50. The van der Waals surface area contributed by atoms with Crippen molar-refractivity contribution in [1.29, 1.82) is 0 Å². The minimum atomic E-state index is -0.624. The molecule has 2 N–H and O–H groups in total. The first-order chi connectivity index (χ1) is 6.97. The average Bonchev–Trinajstić information content (AvgIpc) is 2.95. The Bertz CT molecular complexity index is 188. The Hall–Kier alpha value is -0.120. The van der Waals surface area contributed by atoms with Crippen molar-refractivity contribution in [2.75, 3.05) is 20.3 Å². The summed E-state index contributed by atoms with van der Waals surface area (Å²) < 4.78 is 5.19. The molecule has 0 aromatic rings. The minimum Gasteiger partial charge on any atom is -0.389 e. The van der Waals surface area contributed by atoms with Gasteiger partial charge < -0.3 is 15.2 Å². The first kappa shape index (κ1) is 12.9. The first-order valence-electron chi connectivity index (χ1n) is 5.92. The van der Waals surface area contributed by atoms with Crippen LogP contribution in [0.5, 0.6) is 0 Å². The highest BCUT2D eigenvalue weighted by Gasteiger charge is 2.33. The van der Waals surface area contributed by atoms with Crippen LogP contribution in [0.1, 0.15) is 33.6 Å². The summed E-state index contributed by atoms with van der Waals surface area (Å²) in [7, 11) is 1.73. The molecule has 1 aliphatic rings. The second-order valence-electron chi connectivity index (χ2n) is 5.29. The van der Waals surface area contributed by atoms with Crippen molar-refractivity contribution in [3.8, 4) is 0 Å². The van der Waals surface area contributed by atoms with Crippen LogP contribution < -0.4 is 5.32 Å². The fourth-order valence-corrected chi connectivity index (χ4v) is 1.58. The van der Waals surface area contributed by atoms with Gasteiger partial charge >= 0.3 is 0 Å². The summed E-state index contributed by atoms with van der Waals surface area (Å²) in [5.41, 5.74) is -0.624. The van der Waals surface area contributed by atoms with E-state index < -0.39 is 5.60 Å². The van der Waals surface area contributed by atoms with Gasteiger partial charge in [0.05, 0.1) is 12.2 Å². The number of methoxy groups -OCH3 is 1. The van der Waals surface area contributed by atoms with Crippen LogP contribution in [0.25, 0.3) is 0 Å². The number of hydrogen-bond donors (Lipinski definition) is 2. The lowest BCUT2D eigenvalue weighted by Gasteiger charge is -2.30. The average molecular weight is 215 g/mol. The van der Waals surface area contributed by atoms with Crippen LogP contribution in [-0.4, -0.2) is 37.0 Å². The van der Waals surface area contributed by atoms with Gasteiger partial charge in [0.25, 0.3) is 0 Å². The van der Waals surface area contributed by atoms with Crippen LogP contribution in [0.4, 0.5) is 0 Å². The number of hydrogen-bond acceptors (Lipinski definition) is 3. The molecule has 0 saturated heterocycles. The summed E-state index contributed by atoms with van der Waals surface area (Å²) >= 11 is 0. The number of ether oxygens (including phenoxy) is 1. The Labute approximate surface area is 93.2 Å². The highest BCUT2D eigenvalue weighted by Crippen LogP contribution is 2.33. The fourth-order valence-electron chi connectivity index (χ4n) is 1.58. The summed E-state index contributed by atoms with van der Waals surface area (Å²) in [6.45, 7) is 7.38. The highest BCUT2D eigenvalue weighted by atomic mass is 16.5. The maximum absolute atomic E-state index is 10.1. The van der Waals surface area contributed by atoms with E-state index in [0.29, 0.717) is 12.6 Å². The molecule has 0 heterocycles. The molecule has 0 radical (unpaired) electrons. The third kappa shape index (κ3) is 4.09. The SMILES string of the molecule is COCC(NCC(C)(O)C(C)C)C1CC1. The van der Waals surface area contributed by atoms with Crippen LogP contribution in [-0.2, 0) is 4.74 Å². The summed E-state index contributed by atoms with van der Waals surface area (Å²) in [6.07, 6.45) is 2.59. The third-order valence-electron chi connectivity index (χ3n) is 3.50. The van der Waals surface area contributed by atoms with Crippen LogP contribution in [0.15, 0.2) is 0 Å². The molecule has 0 aliphatic heterocycles. The number of nitrogens with one attached hydrogen (secondary N) is 1. The quantitative estimate of drug-likeness (QED) is 0.674. The van der Waals surface area contributed by atoms with Gasteiger partial charge in [-0.25, -0.2) is 0 Å². The standard InChI is InChI=1S/C12H25NO2/c1-9(2)12(3,14)8-13-11(7-15-4)10-5-6-10/h9-11,13-14H,5-8H2,1-4H3. The monoisotopic (exact) mass is 215 g/mol. The lowest BCUT2D eigenvalue weighted by Crippen LogP contribution is -2.47. The molecule has 1 fully saturated rings. The maximum Gasteiger partial charge on any atom is 0.0766 e. The van der Waals surface area contributed by atoms with Crippen LogP contribution in [0.3, 0.4) is 0 Å². The molecule has 1 rings (SSSR count). The van der Waals surface area contributed by atoms with E-state index >= 15 is 0 Å². The zero-order chi connectivity index (χ0) is 11.5. The Morgan fingerprint density at radius 1 is 1.47 bits per heavy atom. The van der Waals surface area contributed by atoms with Crippen molar-refractivity contribution >= 4 is 0 Å². The Kier molecular flexibility index (Phi) is 4.56. The van der Waals surface area contributed by atoms with Crippen LogP contribution in [0.2, 0.25) is 0 Å². The van der Waals surface area contributed by atoms with E-state index in [9.17, 15) is 5.11 Å². The summed E-state index contributed by atoms with van der Waals surface area (Å²) in [5.74, 6) is 1.03. The lowest BCUT2D eigenvalue weighted by molar-refractivity contribution is 0.00808. The highest BCUT2D eigenvalue weighted by molar-refractivity contribution is 4.89. The van der Waals surface area contributed by atoms with Gasteiger partial charge in [-0.3, -0.25) is 0 Å². The first-order valence-corrected chi connectivity index (χ1v) is 5.92. The molecular weight excluding hydrogens is 190 g/mol. The van der Waals surface area contributed by atoms with E-state index in [-0.39, 0.29) is 5.92 Å². The Balaban J connectivity index is 2.32. The Morgan fingerprint density at radius 2 is 2.07 bits per heavy atom. The summed E-state index contributed by atoms with van der Waals surface area (Å²) in [5, 5.41) is 13.5. The van der Waals surface area contributed by atoms with Gasteiger partial charge in [0, 0.05) is 19.7 Å². The second-order valence-corrected chi connectivity index (χ2v) is 5.29. The topological polar surface area (TPSA) is 41.5 Å². The normalized spacial score (nSPS) is 22.8. The minimum absolute atomic E-state index is 0.271. The number of rotatable bonds is 7. The van der Waals surface area contributed by atoms with Crippen molar-refractivity contribution in [1.82, 2.24) is 5.32 Å². The molecule has 0 bridgehead atoms. The van der Waals surface area contributed by atoms with Crippen molar-refractivity contribution < 1.29 is 9.84 Å². The smallest absolute Gasteiger partial charge is 0.0766 e. The molecule has 2 unspecified atom stereocenters. The largest absolute Gasteiger partial charge is 0.389 e. The van der Waals surface area contributed by atoms with Gasteiger partial charge in [0.15, 0.2) is 0 Å². The van der Waals surface area contributed by atoms with Crippen molar-refractivity contribution in [3.05, 3.63) is 0 Å². The molecule has 1 aliphatic carbocycles. The van der Waals surface area contributed by atoms with Gasteiger partial charge in [-0.1, -0.05) is 13.8 Å². The van der Waals surface area contributed by atoms with E-state index in [1.54, 1.807) is 7.11 Å². The predicted molar refractivity (Wildman–Crippen MR) is 61.9 cm³/mol. The Morgan fingerprint density at radius 3 is 2.47 bits per heavy atom. The maximum atomic E-state index is 10.1. The zero-order valence-electron chi connectivity index (χ0n) is 10.4. The summed E-state index contributed by atoms with van der Waals surface area (Å²) in [4.78, 5) is 0. The molecule has 3 nitrogen and oxygen atoms in total. The van der Waals surface area contributed by atoms with E-state index in [2.05, 4.69) is 5.32 Å². The van der Waals surface area contributed by atoms with Crippen LogP contribution in [0, 0.1) is 11.8 Å². The molecule has 2 atom stereocenters. The van der Waals surface area contributed by atoms with Gasteiger partial charge in [-0.2, -0.15) is 0 Å². The van der Waals surface area contributed by atoms with Crippen molar-refractivity contribution in [2.24, 2.45) is 11.8 Å². The zero-order valence-corrected chi connectivity index (χ0v) is 10.4. The molecule has 0 aromatic heterocycles. The number of aliphatic hydroxyl groups is 1. The van der Waals surface area contributed by atoms with E-state index in [4.69, 9.17) is 4.74 Å².